The first-order valence-electron chi connectivity index (χ1n) is 10.5. The Morgan fingerprint density at radius 3 is 1.84 bits per heavy atom. The number of ether oxygens (including phenoxy) is 1. The molecule has 0 aliphatic rings. The van der Waals surface area contributed by atoms with Crippen LogP contribution in [0.2, 0.25) is 0 Å². The minimum Gasteiger partial charge on any atom is -0.497 e. The second-order valence-corrected chi connectivity index (χ2v) is 10.4. The van der Waals surface area contributed by atoms with Gasteiger partial charge in [0.15, 0.2) is 0 Å². The molecule has 0 spiro atoms. The number of methoxy groups -OCH3 is 1. The molecule has 0 aliphatic heterocycles. The Morgan fingerprint density at radius 1 is 0.903 bits per heavy atom. The van der Waals surface area contributed by atoms with Gasteiger partial charge < -0.3 is 9.58 Å². The van der Waals surface area contributed by atoms with Crippen LogP contribution in [0.25, 0.3) is 4.85 Å². The Hall–Kier alpha value is -2.86. The third-order valence-corrected chi connectivity index (χ3v) is 8.27. The third kappa shape index (κ3) is 5.44. The Kier molecular flexibility index (Phi) is 7.69. The van der Waals surface area contributed by atoms with E-state index < -0.39 is 7.29 Å². The monoisotopic (exact) mass is 432 g/mol. The molecular formula is C26H29N2O2P. The maximum atomic E-state index is 14.4. The molecule has 5 heteroatoms. The van der Waals surface area contributed by atoms with E-state index in [1.807, 2.05) is 84.9 Å². The molecule has 0 saturated carbocycles. The van der Waals surface area contributed by atoms with Crippen molar-refractivity contribution in [2.75, 3.05) is 7.11 Å². The van der Waals surface area contributed by atoms with Crippen molar-refractivity contribution in [1.82, 2.24) is 5.09 Å². The van der Waals surface area contributed by atoms with Crippen LogP contribution in [-0.4, -0.2) is 13.2 Å². The lowest BCUT2D eigenvalue weighted by molar-refractivity contribution is 0.410. The average molecular weight is 433 g/mol. The van der Waals surface area contributed by atoms with E-state index in [9.17, 15) is 4.57 Å². The van der Waals surface area contributed by atoms with Gasteiger partial charge in [-0.15, -0.1) is 0 Å². The fraction of sp³-hybridized carbons (Fsp3) is 0.269. The molecule has 3 aromatic carbocycles. The van der Waals surface area contributed by atoms with Gasteiger partial charge in [0.2, 0.25) is 13.3 Å². The van der Waals surface area contributed by atoms with E-state index in [-0.39, 0.29) is 18.0 Å². The first kappa shape index (κ1) is 22.8. The lowest BCUT2D eigenvalue weighted by Crippen LogP contribution is -2.39. The molecule has 0 bridgehead atoms. The summed E-state index contributed by atoms with van der Waals surface area (Å²) >= 11 is 0. The smallest absolute Gasteiger partial charge is 0.250 e. The first-order chi connectivity index (χ1) is 15.0. The molecule has 0 heterocycles. The minimum atomic E-state index is -3.08. The molecule has 0 radical (unpaired) electrons. The van der Waals surface area contributed by atoms with Crippen molar-refractivity contribution in [2.24, 2.45) is 5.92 Å². The van der Waals surface area contributed by atoms with Crippen LogP contribution in [0.5, 0.6) is 5.75 Å². The molecule has 0 fully saturated rings. The van der Waals surface area contributed by atoms with E-state index in [2.05, 4.69) is 23.8 Å². The summed E-state index contributed by atoms with van der Waals surface area (Å²) in [5.41, 5.74) is 0.942. The van der Waals surface area contributed by atoms with E-state index in [0.29, 0.717) is 6.42 Å². The van der Waals surface area contributed by atoms with Crippen molar-refractivity contribution < 1.29 is 9.30 Å². The molecule has 0 amide bonds. The van der Waals surface area contributed by atoms with Crippen molar-refractivity contribution in [1.29, 1.82) is 0 Å². The molecule has 31 heavy (non-hydrogen) atoms. The number of hydrogen-bond acceptors (Lipinski definition) is 2. The van der Waals surface area contributed by atoms with Crippen molar-refractivity contribution >= 4 is 17.9 Å². The van der Waals surface area contributed by atoms with E-state index in [4.69, 9.17) is 11.3 Å². The summed E-state index contributed by atoms with van der Waals surface area (Å²) < 4.78 is 19.7. The Bertz CT molecular complexity index is 1000. The van der Waals surface area contributed by atoms with Crippen LogP contribution in [0.4, 0.5) is 0 Å². The highest BCUT2D eigenvalue weighted by atomic mass is 31.2. The van der Waals surface area contributed by atoms with Gasteiger partial charge in [0.05, 0.1) is 7.11 Å². The Balaban J connectivity index is 1.93. The van der Waals surface area contributed by atoms with Gasteiger partial charge in [0, 0.05) is 28.6 Å². The van der Waals surface area contributed by atoms with Gasteiger partial charge in [-0.05, 0) is 54.4 Å². The Morgan fingerprint density at radius 2 is 1.42 bits per heavy atom. The van der Waals surface area contributed by atoms with E-state index in [1.54, 1.807) is 7.11 Å². The number of benzene rings is 3. The van der Waals surface area contributed by atoms with Crippen LogP contribution in [0, 0.1) is 12.5 Å². The van der Waals surface area contributed by atoms with Crippen molar-refractivity contribution in [3.05, 3.63) is 102 Å². The summed E-state index contributed by atoms with van der Waals surface area (Å²) in [5.74, 6) is 0.965. The van der Waals surface area contributed by atoms with Gasteiger partial charge in [-0.25, -0.2) is 6.57 Å². The van der Waals surface area contributed by atoms with Crippen LogP contribution < -0.4 is 20.4 Å². The topological polar surface area (TPSA) is 42.7 Å². The lowest BCUT2D eigenvalue weighted by atomic mass is 9.94. The lowest BCUT2D eigenvalue weighted by Gasteiger charge is -2.29. The zero-order chi connectivity index (χ0) is 22.3. The number of hydrogen-bond donors (Lipinski definition) is 1. The molecule has 1 N–H and O–H groups in total. The van der Waals surface area contributed by atoms with Crippen LogP contribution >= 0.6 is 7.29 Å². The van der Waals surface area contributed by atoms with Crippen LogP contribution in [-0.2, 0) is 4.57 Å². The van der Waals surface area contributed by atoms with E-state index >= 15 is 0 Å². The molecule has 3 rings (SSSR count). The standard InChI is InChI=1S/C26H29N2O2P/c1-20(2)25(19-26(27-3)21-15-17-22(30-4)18-16-21)28-31(29,23-11-7-5-8-12-23)24-13-9-6-10-14-24/h5-18,20,25-26H,19H2,1-2,4H3,(H,28,29)/t25-,26-/m1/s1. The normalized spacial score (nSPS) is 13.4. The van der Waals surface area contributed by atoms with Crippen LogP contribution in [0.15, 0.2) is 84.9 Å². The average Bonchev–Trinajstić information content (AvgIpc) is 2.82. The molecule has 2 atom stereocenters. The molecule has 0 unspecified atom stereocenters. The van der Waals surface area contributed by atoms with Crippen molar-refractivity contribution in [2.45, 2.75) is 32.4 Å². The summed E-state index contributed by atoms with van der Waals surface area (Å²) in [6, 6.07) is 26.4. The van der Waals surface area contributed by atoms with Gasteiger partial charge in [-0.3, -0.25) is 9.65 Å². The summed E-state index contributed by atoms with van der Waals surface area (Å²) in [6.45, 7) is 12.0. The highest BCUT2D eigenvalue weighted by Gasteiger charge is 2.34. The minimum absolute atomic E-state index is 0.104. The van der Waals surface area contributed by atoms with Gasteiger partial charge in [-0.1, -0.05) is 50.2 Å². The summed E-state index contributed by atoms with van der Waals surface area (Å²) in [4.78, 5) is 3.89. The number of nitrogens with zero attached hydrogens (tertiary/aromatic N) is 1. The molecule has 3 aromatic rings. The zero-order valence-corrected chi connectivity index (χ0v) is 19.1. The summed E-state index contributed by atoms with van der Waals surface area (Å²) in [6.07, 6.45) is 0.567. The largest absolute Gasteiger partial charge is 0.497 e. The predicted octanol–water partition coefficient (Wildman–Crippen LogP) is 5.59. The predicted molar refractivity (Wildman–Crippen MR) is 128 cm³/mol. The maximum absolute atomic E-state index is 14.4. The quantitative estimate of drug-likeness (QED) is 0.354. The second kappa shape index (κ2) is 10.4. The molecule has 0 aliphatic carbocycles. The maximum Gasteiger partial charge on any atom is 0.250 e. The fourth-order valence-corrected chi connectivity index (χ4v) is 6.26. The molecule has 160 valence electrons. The molecule has 0 saturated heterocycles. The molecule has 0 aromatic heterocycles. The Labute approximate surface area is 185 Å². The molecule has 4 nitrogen and oxygen atoms in total. The van der Waals surface area contributed by atoms with Crippen molar-refractivity contribution in [3.8, 4) is 5.75 Å². The number of rotatable bonds is 9. The van der Waals surface area contributed by atoms with E-state index in [0.717, 1.165) is 21.9 Å². The second-order valence-electron chi connectivity index (χ2n) is 7.91. The summed E-state index contributed by atoms with van der Waals surface area (Å²) in [5, 5.41) is 5.05. The van der Waals surface area contributed by atoms with Gasteiger partial charge >= 0.3 is 0 Å². The van der Waals surface area contributed by atoms with Gasteiger partial charge in [0.25, 0.3) is 0 Å². The third-order valence-electron chi connectivity index (χ3n) is 5.53. The van der Waals surface area contributed by atoms with Gasteiger partial charge in [-0.2, -0.15) is 0 Å². The van der Waals surface area contributed by atoms with Crippen molar-refractivity contribution in [3.63, 3.8) is 0 Å². The fourth-order valence-electron chi connectivity index (χ4n) is 3.61. The SMILES string of the molecule is [C-]#[N+][C@H](C[C@@H](NP(=O)(c1ccccc1)c1ccccc1)C(C)C)c1ccc(OC)cc1. The first-order valence-corrected chi connectivity index (χ1v) is 12.2. The molecular weight excluding hydrogens is 403 g/mol. The van der Waals surface area contributed by atoms with Crippen LogP contribution in [0.1, 0.15) is 31.9 Å². The highest BCUT2D eigenvalue weighted by Crippen LogP contribution is 2.41. The van der Waals surface area contributed by atoms with E-state index in [1.165, 1.54) is 0 Å². The van der Waals surface area contributed by atoms with Crippen LogP contribution in [0.3, 0.4) is 0 Å². The van der Waals surface area contributed by atoms with Gasteiger partial charge in [0.1, 0.15) is 5.75 Å². The number of nitrogens with one attached hydrogen (secondary N) is 1. The summed E-state index contributed by atoms with van der Waals surface area (Å²) in [7, 11) is -1.45. The zero-order valence-electron chi connectivity index (χ0n) is 18.2. The highest BCUT2D eigenvalue weighted by molar-refractivity contribution is 7.76.